The van der Waals surface area contributed by atoms with Gasteiger partial charge in [0.15, 0.2) is 0 Å². The monoisotopic (exact) mass is 205 g/mol. The van der Waals surface area contributed by atoms with Gasteiger partial charge in [0, 0.05) is 25.9 Å². The van der Waals surface area contributed by atoms with E-state index in [1.807, 2.05) is 0 Å². The highest BCUT2D eigenvalue weighted by Gasteiger charge is 2.27. The molecule has 2 heteroatoms. The van der Waals surface area contributed by atoms with Gasteiger partial charge in [-0.05, 0) is 29.9 Å². The SMILES string of the molecule is C[C@@H]1c2ccccc2N(C)C[C@H]1CCO. The van der Waals surface area contributed by atoms with Crippen LogP contribution in [0.3, 0.4) is 0 Å². The van der Waals surface area contributed by atoms with Crippen molar-refractivity contribution in [3.8, 4) is 0 Å². The van der Waals surface area contributed by atoms with Gasteiger partial charge in [-0.25, -0.2) is 0 Å². The first-order valence-corrected chi connectivity index (χ1v) is 5.65. The topological polar surface area (TPSA) is 23.5 Å². The molecule has 0 radical (unpaired) electrons. The average Bonchev–Trinajstić information content (AvgIpc) is 2.26. The minimum Gasteiger partial charge on any atom is -0.396 e. The van der Waals surface area contributed by atoms with Gasteiger partial charge < -0.3 is 10.0 Å². The molecule has 2 rings (SSSR count). The molecule has 0 amide bonds. The Hall–Kier alpha value is -1.02. The van der Waals surface area contributed by atoms with Crippen molar-refractivity contribution in [2.24, 2.45) is 5.92 Å². The van der Waals surface area contributed by atoms with Crippen LogP contribution in [-0.4, -0.2) is 25.3 Å². The standard InChI is InChI=1S/C13H19NO/c1-10-11(7-8-15)9-14(2)13-6-4-3-5-12(10)13/h3-6,10-11,15H,7-9H2,1-2H3/t10-,11+/m0/s1. The Balaban J connectivity index is 2.31. The van der Waals surface area contributed by atoms with Crippen LogP contribution in [0.25, 0.3) is 0 Å². The van der Waals surface area contributed by atoms with E-state index in [0.717, 1.165) is 13.0 Å². The van der Waals surface area contributed by atoms with Crippen LogP contribution in [-0.2, 0) is 0 Å². The quantitative estimate of drug-likeness (QED) is 0.800. The number of nitrogens with zero attached hydrogens (tertiary/aromatic N) is 1. The van der Waals surface area contributed by atoms with Crippen LogP contribution in [0.1, 0.15) is 24.8 Å². The third-order valence-electron chi connectivity index (χ3n) is 3.55. The number of fused-ring (bicyclic) bond motifs is 1. The summed E-state index contributed by atoms with van der Waals surface area (Å²) in [4.78, 5) is 2.30. The van der Waals surface area contributed by atoms with Crippen molar-refractivity contribution in [1.82, 2.24) is 0 Å². The van der Waals surface area contributed by atoms with Crippen LogP contribution in [0.15, 0.2) is 24.3 Å². The second-order valence-corrected chi connectivity index (χ2v) is 4.50. The lowest BCUT2D eigenvalue weighted by molar-refractivity contribution is 0.244. The van der Waals surface area contributed by atoms with Gasteiger partial charge in [-0.15, -0.1) is 0 Å². The zero-order chi connectivity index (χ0) is 10.8. The fraction of sp³-hybridized carbons (Fsp3) is 0.538. The van der Waals surface area contributed by atoms with Crippen LogP contribution >= 0.6 is 0 Å². The summed E-state index contributed by atoms with van der Waals surface area (Å²) in [5.74, 6) is 1.14. The highest BCUT2D eigenvalue weighted by Crippen LogP contribution is 2.38. The van der Waals surface area contributed by atoms with E-state index < -0.39 is 0 Å². The molecule has 0 fully saturated rings. The lowest BCUT2D eigenvalue weighted by Crippen LogP contribution is -2.34. The number of para-hydroxylation sites is 1. The minimum absolute atomic E-state index is 0.297. The number of aliphatic hydroxyl groups is 1. The molecule has 1 aromatic carbocycles. The van der Waals surface area contributed by atoms with Crippen molar-refractivity contribution in [3.63, 3.8) is 0 Å². The molecule has 0 bridgehead atoms. The third-order valence-corrected chi connectivity index (χ3v) is 3.55. The smallest absolute Gasteiger partial charge is 0.0434 e. The first-order valence-electron chi connectivity index (χ1n) is 5.65. The predicted octanol–water partition coefficient (Wildman–Crippen LogP) is 2.24. The number of rotatable bonds is 2. The Morgan fingerprint density at radius 3 is 2.87 bits per heavy atom. The normalized spacial score (nSPS) is 25.1. The maximum atomic E-state index is 9.05. The van der Waals surface area contributed by atoms with Crippen molar-refractivity contribution < 1.29 is 5.11 Å². The van der Waals surface area contributed by atoms with Gasteiger partial charge in [-0.2, -0.15) is 0 Å². The molecule has 1 heterocycles. The fourth-order valence-electron chi connectivity index (χ4n) is 2.59. The largest absolute Gasteiger partial charge is 0.396 e. The van der Waals surface area contributed by atoms with Crippen molar-refractivity contribution >= 4 is 5.69 Å². The number of hydrogen-bond acceptors (Lipinski definition) is 2. The van der Waals surface area contributed by atoms with Crippen LogP contribution in [0, 0.1) is 5.92 Å². The molecule has 0 aliphatic carbocycles. The molecule has 15 heavy (non-hydrogen) atoms. The van der Waals surface area contributed by atoms with Crippen LogP contribution in [0.4, 0.5) is 5.69 Å². The first kappa shape index (κ1) is 10.5. The molecule has 0 spiro atoms. The predicted molar refractivity (Wildman–Crippen MR) is 63.3 cm³/mol. The van der Waals surface area contributed by atoms with Gasteiger partial charge >= 0.3 is 0 Å². The van der Waals surface area contributed by atoms with Gasteiger partial charge in [-0.1, -0.05) is 25.1 Å². The van der Waals surface area contributed by atoms with Gasteiger partial charge in [0.1, 0.15) is 0 Å². The Labute approximate surface area is 91.5 Å². The summed E-state index contributed by atoms with van der Waals surface area (Å²) < 4.78 is 0. The molecule has 0 saturated heterocycles. The summed E-state index contributed by atoms with van der Waals surface area (Å²) in [5, 5.41) is 9.05. The van der Waals surface area contributed by atoms with Crippen LogP contribution in [0.2, 0.25) is 0 Å². The van der Waals surface area contributed by atoms with E-state index in [-0.39, 0.29) is 0 Å². The second kappa shape index (κ2) is 4.23. The fourth-order valence-corrected chi connectivity index (χ4v) is 2.59. The van der Waals surface area contributed by atoms with Crippen molar-refractivity contribution in [2.75, 3.05) is 25.1 Å². The van der Waals surface area contributed by atoms with Gasteiger partial charge in [0.05, 0.1) is 0 Å². The second-order valence-electron chi connectivity index (χ2n) is 4.50. The molecule has 1 aliphatic rings. The molecular weight excluding hydrogens is 186 g/mol. The summed E-state index contributed by atoms with van der Waals surface area (Å²) in [5.41, 5.74) is 2.77. The molecule has 0 saturated carbocycles. The third kappa shape index (κ3) is 1.86. The molecule has 1 aromatic rings. The van der Waals surface area contributed by atoms with Crippen LogP contribution < -0.4 is 4.90 Å². The van der Waals surface area contributed by atoms with E-state index in [4.69, 9.17) is 5.11 Å². The molecule has 1 N–H and O–H groups in total. The molecular formula is C13H19NO. The zero-order valence-electron chi connectivity index (χ0n) is 9.48. The molecule has 0 aromatic heterocycles. The summed E-state index contributed by atoms with van der Waals surface area (Å²) in [7, 11) is 2.13. The maximum absolute atomic E-state index is 9.05. The number of anilines is 1. The van der Waals surface area contributed by atoms with Gasteiger partial charge in [-0.3, -0.25) is 0 Å². The van der Waals surface area contributed by atoms with Crippen LogP contribution in [0.5, 0.6) is 0 Å². The van der Waals surface area contributed by atoms with Crippen molar-refractivity contribution in [3.05, 3.63) is 29.8 Å². The minimum atomic E-state index is 0.297. The first-order chi connectivity index (χ1) is 7.24. The molecule has 2 atom stereocenters. The highest BCUT2D eigenvalue weighted by atomic mass is 16.3. The van der Waals surface area contributed by atoms with E-state index in [1.165, 1.54) is 11.3 Å². The maximum Gasteiger partial charge on any atom is 0.0434 e. The van der Waals surface area contributed by atoms with Crippen molar-refractivity contribution in [1.29, 1.82) is 0 Å². The molecule has 2 nitrogen and oxygen atoms in total. The van der Waals surface area contributed by atoms with E-state index in [9.17, 15) is 0 Å². The Morgan fingerprint density at radius 1 is 1.40 bits per heavy atom. The Bertz CT molecular complexity index is 337. The lowest BCUT2D eigenvalue weighted by Gasteiger charge is -2.37. The van der Waals surface area contributed by atoms with E-state index in [1.54, 1.807) is 0 Å². The average molecular weight is 205 g/mol. The summed E-state index contributed by atoms with van der Waals surface area (Å²) >= 11 is 0. The molecule has 82 valence electrons. The summed E-state index contributed by atoms with van der Waals surface area (Å²) in [6.45, 7) is 3.62. The van der Waals surface area contributed by atoms with E-state index >= 15 is 0 Å². The van der Waals surface area contributed by atoms with Gasteiger partial charge in [0.2, 0.25) is 0 Å². The Kier molecular flexibility index (Phi) is 2.96. The summed E-state index contributed by atoms with van der Waals surface area (Å²) in [6, 6.07) is 8.58. The number of aliphatic hydroxyl groups excluding tert-OH is 1. The number of hydrogen-bond donors (Lipinski definition) is 1. The summed E-state index contributed by atoms with van der Waals surface area (Å²) in [6.07, 6.45) is 0.903. The van der Waals surface area contributed by atoms with Crippen molar-refractivity contribution in [2.45, 2.75) is 19.3 Å². The van der Waals surface area contributed by atoms with Gasteiger partial charge in [0.25, 0.3) is 0 Å². The van der Waals surface area contributed by atoms with E-state index in [0.29, 0.717) is 18.4 Å². The number of benzene rings is 1. The zero-order valence-corrected chi connectivity index (χ0v) is 9.48. The molecule has 1 aliphatic heterocycles. The Morgan fingerprint density at radius 2 is 2.13 bits per heavy atom. The van der Waals surface area contributed by atoms with E-state index in [2.05, 4.69) is 43.1 Å². The molecule has 0 unspecified atom stereocenters. The lowest BCUT2D eigenvalue weighted by atomic mass is 9.81. The highest BCUT2D eigenvalue weighted by molar-refractivity contribution is 5.56.